The second-order valence-corrected chi connectivity index (χ2v) is 6.74. The van der Waals surface area contributed by atoms with Gasteiger partial charge in [-0.1, -0.05) is 25.9 Å². The van der Waals surface area contributed by atoms with Gasteiger partial charge in [-0.25, -0.2) is 0 Å². The van der Waals surface area contributed by atoms with E-state index in [1.54, 1.807) is 0 Å². The molecule has 0 aliphatic rings. The Morgan fingerprint density at radius 2 is 1.89 bits per heavy atom. The third-order valence-corrected chi connectivity index (χ3v) is 2.82. The van der Waals surface area contributed by atoms with Crippen molar-refractivity contribution in [3.63, 3.8) is 0 Å². The van der Waals surface area contributed by atoms with Gasteiger partial charge >= 0.3 is 0 Å². The minimum atomic E-state index is -0.224. The van der Waals surface area contributed by atoms with E-state index in [4.69, 9.17) is 15.0 Å². The van der Waals surface area contributed by atoms with Crippen LogP contribution in [0.3, 0.4) is 0 Å². The molecule has 0 aromatic carbocycles. The van der Waals surface area contributed by atoms with Crippen LogP contribution in [0.2, 0.25) is 0 Å². The Kier molecular flexibility index (Phi) is 5.10. The van der Waals surface area contributed by atoms with Crippen molar-refractivity contribution in [3.05, 3.63) is 11.7 Å². The van der Waals surface area contributed by atoms with E-state index in [0.717, 1.165) is 6.42 Å². The van der Waals surface area contributed by atoms with Gasteiger partial charge in [0.25, 0.3) is 0 Å². The van der Waals surface area contributed by atoms with E-state index in [9.17, 15) is 0 Å². The molecule has 5 heteroatoms. The fourth-order valence-corrected chi connectivity index (χ4v) is 1.78. The summed E-state index contributed by atoms with van der Waals surface area (Å²) in [5, 5.41) is 4.05. The summed E-state index contributed by atoms with van der Waals surface area (Å²) >= 11 is 0. The molecule has 1 heterocycles. The second kappa shape index (κ2) is 6.01. The van der Waals surface area contributed by atoms with E-state index < -0.39 is 0 Å². The summed E-state index contributed by atoms with van der Waals surface area (Å²) < 4.78 is 11.0. The van der Waals surface area contributed by atoms with Gasteiger partial charge in [0, 0.05) is 18.6 Å². The van der Waals surface area contributed by atoms with Crippen LogP contribution in [0.4, 0.5) is 0 Å². The first-order valence-electron chi connectivity index (χ1n) is 6.86. The molecule has 1 aromatic rings. The summed E-state index contributed by atoms with van der Waals surface area (Å²) in [6, 6.07) is 0. The third kappa shape index (κ3) is 5.28. The van der Waals surface area contributed by atoms with E-state index in [1.807, 2.05) is 20.8 Å². The van der Waals surface area contributed by atoms with Crippen LogP contribution < -0.4 is 5.73 Å². The molecule has 19 heavy (non-hydrogen) atoms. The molecule has 0 fully saturated rings. The average molecular weight is 269 g/mol. The molecular formula is C14H27N3O2. The van der Waals surface area contributed by atoms with Crippen molar-refractivity contribution in [1.82, 2.24) is 10.1 Å². The maximum Gasteiger partial charge on any atom is 0.226 e. The maximum absolute atomic E-state index is 5.95. The fraction of sp³-hybridized carbons (Fsp3) is 0.857. The number of ether oxygens (including phenoxy) is 1. The monoisotopic (exact) mass is 269 g/mol. The third-order valence-electron chi connectivity index (χ3n) is 2.82. The smallest absolute Gasteiger partial charge is 0.226 e. The van der Waals surface area contributed by atoms with Gasteiger partial charge in [-0.2, -0.15) is 4.98 Å². The van der Waals surface area contributed by atoms with Crippen molar-refractivity contribution in [2.45, 2.75) is 66.0 Å². The average Bonchev–Trinajstić information content (AvgIpc) is 2.68. The lowest BCUT2D eigenvalue weighted by molar-refractivity contribution is -0.0203. The predicted octanol–water partition coefficient (Wildman–Crippen LogP) is 2.86. The highest BCUT2D eigenvalue weighted by molar-refractivity contribution is 4.97. The maximum atomic E-state index is 5.95. The Morgan fingerprint density at radius 1 is 1.26 bits per heavy atom. The summed E-state index contributed by atoms with van der Waals surface area (Å²) in [4.78, 5) is 4.44. The lowest BCUT2D eigenvalue weighted by Gasteiger charge is -2.27. The van der Waals surface area contributed by atoms with Crippen LogP contribution in [-0.4, -0.2) is 22.3 Å². The molecule has 0 spiro atoms. The number of aryl methyl sites for hydroxylation is 1. The van der Waals surface area contributed by atoms with Gasteiger partial charge in [-0.15, -0.1) is 0 Å². The Balaban J connectivity index is 2.76. The summed E-state index contributed by atoms with van der Waals surface area (Å²) in [5.74, 6) is 1.25. The molecule has 0 radical (unpaired) electrons. The van der Waals surface area contributed by atoms with Gasteiger partial charge in [-0.3, -0.25) is 0 Å². The number of rotatable bonds is 6. The Hall–Kier alpha value is -0.940. The largest absolute Gasteiger partial charge is 0.370 e. The van der Waals surface area contributed by atoms with Crippen molar-refractivity contribution in [3.8, 4) is 0 Å². The number of nitrogens with two attached hydrogens (primary N) is 1. The molecule has 1 unspecified atom stereocenters. The predicted molar refractivity (Wildman–Crippen MR) is 74.7 cm³/mol. The van der Waals surface area contributed by atoms with E-state index in [-0.39, 0.29) is 17.1 Å². The van der Waals surface area contributed by atoms with E-state index >= 15 is 0 Å². The van der Waals surface area contributed by atoms with E-state index in [0.29, 0.717) is 24.7 Å². The summed E-state index contributed by atoms with van der Waals surface area (Å²) in [5.41, 5.74) is 5.66. The van der Waals surface area contributed by atoms with Gasteiger partial charge in [0.05, 0.1) is 0 Å². The van der Waals surface area contributed by atoms with E-state index in [2.05, 4.69) is 30.9 Å². The summed E-state index contributed by atoms with van der Waals surface area (Å²) in [6.07, 6.45) is 1.35. The molecule has 0 saturated carbocycles. The topological polar surface area (TPSA) is 74.2 Å². The zero-order valence-electron chi connectivity index (χ0n) is 13.0. The molecular weight excluding hydrogens is 242 g/mol. The highest BCUT2D eigenvalue weighted by Gasteiger charge is 2.31. The highest BCUT2D eigenvalue weighted by Crippen LogP contribution is 2.34. The molecule has 0 aliphatic carbocycles. The molecule has 0 bridgehead atoms. The molecule has 5 nitrogen and oxygen atoms in total. The van der Waals surface area contributed by atoms with Crippen molar-refractivity contribution >= 4 is 0 Å². The Morgan fingerprint density at radius 3 is 2.37 bits per heavy atom. The van der Waals surface area contributed by atoms with Crippen LogP contribution >= 0.6 is 0 Å². The zero-order valence-corrected chi connectivity index (χ0v) is 13.0. The molecule has 1 aromatic heterocycles. The number of hydrogen-bond donors (Lipinski definition) is 1. The van der Waals surface area contributed by atoms with Gasteiger partial charge in [0.1, 0.15) is 6.10 Å². The quantitative estimate of drug-likeness (QED) is 0.859. The van der Waals surface area contributed by atoms with Crippen LogP contribution in [0.15, 0.2) is 4.52 Å². The van der Waals surface area contributed by atoms with Crippen molar-refractivity contribution in [1.29, 1.82) is 0 Å². The molecule has 1 atom stereocenters. The molecule has 2 N–H and O–H groups in total. The van der Waals surface area contributed by atoms with Crippen molar-refractivity contribution < 1.29 is 9.26 Å². The lowest BCUT2D eigenvalue weighted by Crippen LogP contribution is -2.32. The summed E-state index contributed by atoms with van der Waals surface area (Å²) in [7, 11) is 0. The molecule has 0 saturated heterocycles. The van der Waals surface area contributed by atoms with Gasteiger partial charge < -0.3 is 15.0 Å². The molecule has 0 aliphatic heterocycles. The number of hydrogen-bond acceptors (Lipinski definition) is 5. The van der Waals surface area contributed by atoms with Gasteiger partial charge in [0.2, 0.25) is 11.7 Å². The molecule has 110 valence electrons. The van der Waals surface area contributed by atoms with Crippen molar-refractivity contribution in [2.75, 3.05) is 6.61 Å². The second-order valence-electron chi connectivity index (χ2n) is 6.74. The fourth-order valence-electron chi connectivity index (χ4n) is 1.78. The van der Waals surface area contributed by atoms with Crippen LogP contribution in [-0.2, 0) is 11.2 Å². The van der Waals surface area contributed by atoms with Gasteiger partial charge in [-0.05, 0) is 32.6 Å². The van der Waals surface area contributed by atoms with Crippen LogP contribution in [0.1, 0.15) is 65.8 Å². The zero-order chi connectivity index (χ0) is 14.7. The molecule has 1 rings (SSSR count). The Bertz CT molecular complexity index is 388. The Labute approximate surface area is 115 Å². The standard InChI is InChI=1S/C14H27N3O2/c1-7-18-11(13(2,3)4)12-16-10(19-17-12)8-9-14(5,6)15/h11H,7-9,15H2,1-6H3. The highest BCUT2D eigenvalue weighted by atomic mass is 16.5. The first-order chi connectivity index (χ1) is 8.63. The van der Waals surface area contributed by atoms with Gasteiger partial charge in [0.15, 0.2) is 0 Å². The van der Waals surface area contributed by atoms with Crippen LogP contribution in [0.25, 0.3) is 0 Å². The van der Waals surface area contributed by atoms with Crippen LogP contribution in [0.5, 0.6) is 0 Å². The first kappa shape index (κ1) is 16.1. The summed E-state index contributed by atoms with van der Waals surface area (Å²) in [6.45, 7) is 12.9. The number of nitrogens with zero attached hydrogens (tertiary/aromatic N) is 2. The normalized spacial score (nSPS) is 14.7. The van der Waals surface area contributed by atoms with E-state index in [1.165, 1.54) is 0 Å². The number of aromatic nitrogens is 2. The SMILES string of the molecule is CCOC(c1noc(CCC(C)(C)N)n1)C(C)(C)C. The minimum absolute atomic E-state index is 0.0652. The first-order valence-corrected chi connectivity index (χ1v) is 6.86. The molecule has 0 amide bonds. The minimum Gasteiger partial charge on any atom is -0.370 e. The van der Waals surface area contributed by atoms with Crippen LogP contribution in [0, 0.1) is 5.41 Å². The van der Waals surface area contributed by atoms with Crippen molar-refractivity contribution in [2.24, 2.45) is 11.1 Å². The lowest BCUT2D eigenvalue weighted by atomic mass is 9.88.